The van der Waals surface area contributed by atoms with E-state index in [-0.39, 0.29) is 0 Å². The van der Waals surface area contributed by atoms with Gasteiger partial charge < -0.3 is 10.5 Å². The first-order valence-corrected chi connectivity index (χ1v) is 5.42. The first-order valence-electron chi connectivity index (χ1n) is 4.60. The van der Waals surface area contributed by atoms with Gasteiger partial charge in [-0.2, -0.15) is 0 Å². The Balaban J connectivity index is 2.34. The van der Waals surface area contributed by atoms with Crippen molar-refractivity contribution < 1.29 is 4.74 Å². The molecule has 0 saturated carbocycles. The van der Waals surface area contributed by atoms with Gasteiger partial charge in [0.15, 0.2) is 5.82 Å². The van der Waals surface area contributed by atoms with Crippen molar-refractivity contribution >= 4 is 17.2 Å². The number of nitrogens with zero attached hydrogens (tertiary/aromatic N) is 2. The van der Waals surface area contributed by atoms with Gasteiger partial charge in [0.2, 0.25) is 5.06 Å². The van der Waals surface area contributed by atoms with E-state index in [0.717, 1.165) is 10.6 Å². The van der Waals surface area contributed by atoms with Gasteiger partial charge in [0.05, 0.1) is 6.61 Å². The standard InChI is InChI=1S/C10H11N3OS/c1-2-14-10-8(11)13-9(15-10)7-3-5-12-6-4-7/h3-6H,2,11H2,1H3. The molecule has 0 aromatic carbocycles. The average Bonchev–Trinajstić information content (AvgIpc) is 2.63. The van der Waals surface area contributed by atoms with Gasteiger partial charge >= 0.3 is 0 Å². The first kappa shape index (κ1) is 9.92. The molecule has 0 atom stereocenters. The largest absolute Gasteiger partial charge is 0.482 e. The van der Waals surface area contributed by atoms with Crippen molar-refractivity contribution in [1.82, 2.24) is 9.97 Å². The number of hydrogen-bond acceptors (Lipinski definition) is 5. The minimum atomic E-state index is 0.452. The van der Waals surface area contributed by atoms with Gasteiger partial charge in [-0.1, -0.05) is 11.3 Å². The van der Waals surface area contributed by atoms with E-state index < -0.39 is 0 Å². The number of aromatic nitrogens is 2. The third kappa shape index (κ3) is 2.07. The molecule has 2 rings (SSSR count). The summed E-state index contributed by atoms with van der Waals surface area (Å²) < 4.78 is 5.35. The van der Waals surface area contributed by atoms with E-state index in [4.69, 9.17) is 10.5 Å². The molecule has 15 heavy (non-hydrogen) atoms. The summed E-state index contributed by atoms with van der Waals surface area (Å²) in [7, 11) is 0. The molecule has 2 aromatic rings. The smallest absolute Gasteiger partial charge is 0.219 e. The second kappa shape index (κ2) is 4.27. The van der Waals surface area contributed by atoms with Crippen LogP contribution in [0.1, 0.15) is 6.92 Å². The number of ether oxygens (including phenoxy) is 1. The lowest BCUT2D eigenvalue weighted by Gasteiger charge is -1.96. The Morgan fingerprint density at radius 1 is 1.40 bits per heavy atom. The monoisotopic (exact) mass is 221 g/mol. The maximum Gasteiger partial charge on any atom is 0.219 e. The van der Waals surface area contributed by atoms with E-state index in [1.165, 1.54) is 11.3 Å². The predicted octanol–water partition coefficient (Wildman–Crippen LogP) is 2.19. The van der Waals surface area contributed by atoms with E-state index in [2.05, 4.69) is 9.97 Å². The Bertz CT molecular complexity index is 441. The fourth-order valence-electron chi connectivity index (χ4n) is 1.17. The second-order valence-electron chi connectivity index (χ2n) is 2.86. The summed E-state index contributed by atoms with van der Waals surface area (Å²) in [5.41, 5.74) is 6.73. The van der Waals surface area contributed by atoms with Gasteiger partial charge in [-0.25, -0.2) is 4.98 Å². The minimum absolute atomic E-state index is 0.452. The van der Waals surface area contributed by atoms with E-state index in [1.54, 1.807) is 12.4 Å². The highest BCUT2D eigenvalue weighted by Crippen LogP contribution is 2.35. The van der Waals surface area contributed by atoms with Crippen molar-refractivity contribution in [2.24, 2.45) is 0 Å². The van der Waals surface area contributed by atoms with Crippen LogP contribution in [0.2, 0.25) is 0 Å². The Morgan fingerprint density at radius 3 is 2.80 bits per heavy atom. The molecule has 0 aliphatic heterocycles. The molecule has 0 spiro atoms. The van der Waals surface area contributed by atoms with Gasteiger partial charge in [0.1, 0.15) is 5.01 Å². The number of hydrogen-bond donors (Lipinski definition) is 1. The average molecular weight is 221 g/mol. The normalized spacial score (nSPS) is 10.2. The molecule has 0 aliphatic rings. The van der Waals surface area contributed by atoms with Crippen LogP contribution in [0.4, 0.5) is 5.82 Å². The maximum absolute atomic E-state index is 5.72. The highest BCUT2D eigenvalue weighted by molar-refractivity contribution is 7.17. The number of thiazole rings is 1. The van der Waals surface area contributed by atoms with Crippen molar-refractivity contribution in [2.75, 3.05) is 12.3 Å². The van der Waals surface area contributed by atoms with Crippen LogP contribution < -0.4 is 10.5 Å². The Hall–Kier alpha value is -1.62. The molecule has 0 saturated heterocycles. The van der Waals surface area contributed by atoms with Gasteiger partial charge in [-0.3, -0.25) is 4.98 Å². The SMILES string of the molecule is CCOc1sc(-c2ccncc2)nc1N. The predicted molar refractivity (Wildman–Crippen MR) is 60.9 cm³/mol. The first-order chi connectivity index (χ1) is 7.31. The third-order valence-electron chi connectivity index (χ3n) is 1.82. The molecule has 2 aromatic heterocycles. The fourth-order valence-corrected chi connectivity index (χ4v) is 2.07. The molecule has 0 radical (unpaired) electrons. The van der Waals surface area contributed by atoms with Crippen molar-refractivity contribution in [3.63, 3.8) is 0 Å². The van der Waals surface area contributed by atoms with Crippen molar-refractivity contribution in [3.8, 4) is 15.6 Å². The number of nitrogen functional groups attached to an aromatic ring is 1. The number of rotatable bonds is 3. The summed E-state index contributed by atoms with van der Waals surface area (Å²) in [5.74, 6) is 0.452. The second-order valence-corrected chi connectivity index (χ2v) is 3.82. The van der Waals surface area contributed by atoms with E-state index in [1.807, 2.05) is 19.1 Å². The lowest BCUT2D eigenvalue weighted by atomic mass is 10.3. The van der Waals surface area contributed by atoms with Crippen LogP contribution in [0.5, 0.6) is 5.06 Å². The summed E-state index contributed by atoms with van der Waals surface area (Å²) in [6.45, 7) is 2.52. The van der Waals surface area contributed by atoms with Gasteiger partial charge in [0.25, 0.3) is 0 Å². The van der Waals surface area contributed by atoms with Crippen LogP contribution in [0.15, 0.2) is 24.5 Å². The van der Waals surface area contributed by atoms with Crippen molar-refractivity contribution in [1.29, 1.82) is 0 Å². The van der Waals surface area contributed by atoms with Crippen LogP contribution in [0, 0.1) is 0 Å². The van der Waals surface area contributed by atoms with Crippen molar-refractivity contribution in [3.05, 3.63) is 24.5 Å². The van der Waals surface area contributed by atoms with Crippen molar-refractivity contribution in [2.45, 2.75) is 6.92 Å². The van der Waals surface area contributed by atoms with Gasteiger partial charge in [-0.15, -0.1) is 0 Å². The number of pyridine rings is 1. The Labute approximate surface area is 91.8 Å². The minimum Gasteiger partial charge on any atom is -0.482 e. The van der Waals surface area contributed by atoms with Crippen LogP contribution in [-0.2, 0) is 0 Å². The molecule has 0 unspecified atom stereocenters. The number of anilines is 1. The Morgan fingerprint density at radius 2 is 2.13 bits per heavy atom. The molecule has 0 bridgehead atoms. The van der Waals surface area contributed by atoms with Crippen LogP contribution in [0.3, 0.4) is 0 Å². The zero-order valence-electron chi connectivity index (χ0n) is 8.30. The maximum atomic E-state index is 5.72. The summed E-state index contributed by atoms with van der Waals surface area (Å²) in [6.07, 6.45) is 3.46. The molecule has 2 N–H and O–H groups in total. The molecular weight excluding hydrogens is 210 g/mol. The number of nitrogens with two attached hydrogens (primary N) is 1. The highest BCUT2D eigenvalue weighted by Gasteiger charge is 2.10. The molecule has 0 fully saturated rings. The molecular formula is C10H11N3OS. The van der Waals surface area contributed by atoms with Crippen LogP contribution in [-0.4, -0.2) is 16.6 Å². The third-order valence-corrected chi connectivity index (χ3v) is 2.86. The van der Waals surface area contributed by atoms with Gasteiger partial charge in [0, 0.05) is 18.0 Å². The highest BCUT2D eigenvalue weighted by atomic mass is 32.1. The lowest BCUT2D eigenvalue weighted by molar-refractivity contribution is 0.351. The van der Waals surface area contributed by atoms with E-state index in [9.17, 15) is 0 Å². The summed E-state index contributed by atoms with van der Waals surface area (Å²) in [4.78, 5) is 8.19. The summed E-state index contributed by atoms with van der Waals surface area (Å²) in [5, 5.41) is 1.54. The molecule has 4 nitrogen and oxygen atoms in total. The molecule has 2 heterocycles. The zero-order chi connectivity index (χ0) is 10.7. The van der Waals surface area contributed by atoms with E-state index in [0.29, 0.717) is 17.5 Å². The Kier molecular flexibility index (Phi) is 2.82. The fraction of sp³-hybridized carbons (Fsp3) is 0.200. The molecule has 5 heteroatoms. The molecule has 0 aliphatic carbocycles. The zero-order valence-corrected chi connectivity index (χ0v) is 9.12. The summed E-state index contributed by atoms with van der Waals surface area (Å²) >= 11 is 1.45. The van der Waals surface area contributed by atoms with Crippen LogP contribution in [0.25, 0.3) is 10.6 Å². The quantitative estimate of drug-likeness (QED) is 0.863. The topological polar surface area (TPSA) is 61.0 Å². The lowest BCUT2D eigenvalue weighted by Crippen LogP contribution is -1.93. The van der Waals surface area contributed by atoms with E-state index >= 15 is 0 Å². The molecule has 78 valence electrons. The summed E-state index contributed by atoms with van der Waals surface area (Å²) in [6, 6.07) is 3.79. The molecule has 0 amide bonds. The van der Waals surface area contributed by atoms with Crippen LogP contribution >= 0.6 is 11.3 Å². The van der Waals surface area contributed by atoms with Gasteiger partial charge in [-0.05, 0) is 19.1 Å².